The first-order valence-electron chi connectivity index (χ1n) is 5.95. The Bertz CT molecular complexity index is 668. The molecule has 0 spiro atoms. The van der Waals surface area contributed by atoms with Gasteiger partial charge >= 0.3 is 6.01 Å². The first-order valence-corrected chi connectivity index (χ1v) is 6.74. The molecule has 6 nitrogen and oxygen atoms in total. The average molecular weight is 360 g/mol. The van der Waals surface area contributed by atoms with Crippen LogP contribution in [0.3, 0.4) is 0 Å². The Labute approximate surface area is 127 Å². The largest absolute Gasteiger partial charge is 0.461 e. The SMILES string of the molecule is CC(C)Oc1nc(N)nc(Nc2cc(F)c(Br)cc2F)n1. The van der Waals surface area contributed by atoms with E-state index < -0.39 is 11.6 Å². The van der Waals surface area contributed by atoms with Gasteiger partial charge in [-0.05, 0) is 35.8 Å². The Morgan fingerprint density at radius 2 is 1.90 bits per heavy atom. The number of nitrogen functional groups attached to an aromatic ring is 1. The van der Waals surface area contributed by atoms with E-state index in [1.54, 1.807) is 13.8 Å². The molecule has 0 saturated heterocycles. The topological polar surface area (TPSA) is 86.0 Å². The van der Waals surface area contributed by atoms with Crippen molar-refractivity contribution < 1.29 is 13.5 Å². The van der Waals surface area contributed by atoms with Crippen molar-refractivity contribution in [1.29, 1.82) is 0 Å². The molecule has 0 amide bonds. The molecule has 9 heteroatoms. The minimum absolute atomic E-state index is 0.00186. The Balaban J connectivity index is 2.31. The van der Waals surface area contributed by atoms with Crippen molar-refractivity contribution in [2.24, 2.45) is 0 Å². The number of nitrogens with two attached hydrogens (primary N) is 1. The van der Waals surface area contributed by atoms with E-state index in [1.807, 2.05) is 0 Å². The lowest BCUT2D eigenvalue weighted by atomic mass is 10.3. The van der Waals surface area contributed by atoms with Crippen LogP contribution < -0.4 is 15.8 Å². The van der Waals surface area contributed by atoms with Crippen LogP contribution in [0, 0.1) is 11.6 Å². The molecule has 0 fully saturated rings. The number of halogens is 3. The number of nitrogens with one attached hydrogen (secondary N) is 1. The zero-order valence-corrected chi connectivity index (χ0v) is 12.8. The number of hydrogen-bond donors (Lipinski definition) is 2. The Morgan fingerprint density at radius 3 is 2.57 bits per heavy atom. The van der Waals surface area contributed by atoms with Gasteiger partial charge in [-0.15, -0.1) is 0 Å². The second-order valence-corrected chi connectivity index (χ2v) is 5.19. The maximum absolute atomic E-state index is 13.7. The van der Waals surface area contributed by atoms with Gasteiger partial charge in [-0.25, -0.2) is 8.78 Å². The Morgan fingerprint density at radius 1 is 1.19 bits per heavy atom. The van der Waals surface area contributed by atoms with Gasteiger partial charge in [0.05, 0.1) is 16.3 Å². The predicted octanol–water partition coefficient (Wildman–Crippen LogP) is 3.03. The maximum atomic E-state index is 13.7. The van der Waals surface area contributed by atoms with Gasteiger partial charge < -0.3 is 15.8 Å². The van der Waals surface area contributed by atoms with E-state index in [0.717, 1.165) is 12.1 Å². The van der Waals surface area contributed by atoms with Gasteiger partial charge in [-0.1, -0.05) is 0 Å². The van der Waals surface area contributed by atoms with Crippen LogP contribution in [-0.4, -0.2) is 21.1 Å². The fourth-order valence-electron chi connectivity index (χ4n) is 1.43. The molecular formula is C12H12BrF2N5O. The summed E-state index contributed by atoms with van der Waals surface area (Å²) in [5, 5.41) is 2.54. The van der Waals surface area contributed by atoms with E-state index >= 15 is 0 Å². The van der Waals surface area contributed by atoms with Crippen molar-refractivity contribution in [2.45, 2.75) is 20.0 Å². The lowest BCUT2D eigenvalue weighted by molar-refractivity contribution is 0.222. The Hall–Kier alpha value is -2.03. The normalized spacial score (nSPS) is 10.8. The van der Waals surface area contributed by atoms with Gasteiger partial charge in [0.25, 0.3) is 0 Å². The minimum atomic E-state index is -0.673. The molecule has 0 atom stereocenters. The number of anilines is 3. The number of hydrogen-bond acceptors (Lipinski definition) is 6. The summed E-state index contributed by atoms with van der Waals surface area (Å²) in [4.78, 5) is 11.5. The van der Waals surface area contributed by atoms with Gasteiger partial charge in [0.15, 0.2) is 0 Å². The summed E-state index contributed by atoms with van der Waals surface area (Å²) in [6, 6.07) is 1.97. The summed E-state index contributed by atoms with van der Waals surface area (Å²) < 4.78 is 32.5. The highest BCUT2D eigenvalue weighted by molar-refractivity contribution is 9.10. The van der Waals surface area contributed by atoms with E-state index in [9.17, 15) is 8.78 Å². The highest BCUT2D eigenvalue weighted by Gasteiger charge is 2.12. The molecule has 0 aliphatic heterocycles. The first-order chi connectivity index (χ1) is 9.85. The van der Waals surface area contributed by atoms with Gasteiger partial charge in [0.1, 0.15) is 11.6 Å². The second kappa shape index (κ2) is 6.17. The van der Waals surface area contributed by atoms with Gasteiger partial charge in [0, 0.05) is 6.07 Å². The second-order valence-electron chi connectivity index (χ2n) is 4.34. The molecule has 1 heterocycles. The van der Waals surface area contributed by atoms with Crippen molar-refractivity contribution in [3.05, 3.63) is 28.2 Å². The quantitative estimate of drug-likeness (QED) is 0.816. The van der Waals surface area contributed by atoms with Crippen LogP contribution in [0.2, 0.25) is 0 Å². The predicted molar refractivity (Wildman–Crippen MR) is 77.3 cm³/mol. The molecule has 2 aromatic rings. The lowest BCUT2D eigenvalue weighted by Gasteiger charge is -2.11. The van der Waals surface area contributed by atoms with Crippen molar-refractivity contribution in [1.82, 2.24) is 15.0 Å². The van der Waals surface area contributed by atoms with E-state index in [4.69, 9.17) is 10.5 Å². The van der Waals surface area contributed by atoms with E-state index in [1.165, 1.54) is 0 Å². The highest BCUT2D eigenvalue weighted by Crippen LogP contribution is 2.25. The van der Waals surface area contributed by atoms with E-state index in [-0.39, 0.29) is 34.2 Å². The molecule has 1 aromatic carbocycles. The fraction of sp³-hybridized carbons (Fsp3) is 0.250. The molecule has 2 rings (SSSR count). The van der Waals surface area contributed by atoms with Crippen molar-refractivity contribution in [2.75, 3.05) is 11.1 Å². The van der Waals surface area contributed by atoms with E-state index in [2.05, 4.69) is 36.2 Å². The summed E-state index contributed by atoms with van der Waals surface area (Å²) in [5.41, 5.74) is 5.40. The smallest absolute Gasteiger partial charge is 0.323 e. The molecule has 1 aromatic heterocycles. The standard InChI is InChI=1S/C12H12BrF2N5O/c1-5(2)21-12-19-10(16)18-11(20-12)17-9-4-7(14)6(13)3-8(9)15/h3-5H,1-2H3,(H3,16,17,18,19,20). The van der Waals surface area contributed by atoms with Crippen LogP contribution >= 0.6 is 15.9 Å². The average Bonchev–Trinajstić information content (AvgIpc) is 2.34. The first kappa shape index (κ1) is 15.4. The molecule has 0 saturated carbocycles. The van der Waals surface area contributed by atoms with Crippen molar-refractivity contribution in [3.63, 3.8) is 0 Å². The molecular weight excluding hydrogens is 348 g/mol. The number of rotatable bonds is 4. The summed E-state index contributed by atoms with van der Waals surface area (Å²) in [6.07, 6.45) is -0.165. The molecule has 0 bridgehead atoms. The maximum Gasteiger partial charge on any atom is 0.323 e. The van der Waals surface area contributed by atoms with Gasteiger partial charge in [-0.2, -0.15) is 15.0 Å². The molecule has 3 N–H and O–H groups in total. The van der Waals surface area contributed by atoms with Crippen LogP contribution in [0.25, 0.3) is 0 Å². The summed E-state index contributed by atoms with van der Waals surface area (Å²) in [6.45, 7) is 3.58. The monoisotopic (exact) mass is 359 g/mol. The molecule has 0 aliphatic carbocycles. The summed E-state index contributed by atoms with van der Waals surface area (Å²) in [7, 11) is 0. The van der Waals surface area contributed by atoms with E-state index in [0.29, 0.717) is 0 Å². The van der Waals surface area contributed by atoms with Crippen LogP contribution in [0.15, 0.2) is 16.6 Å². The third-order valence-corrected chi connectivity index (χ3v) is 2.84. The zero-order valence-electron chi connectivity index (χ0n) is 11.2. The number of benzene rings is 1. The Kier molecular flexibility index (Phi) is 4.51. The van der Waals surface area contributed by atoms with Crippen LogP contribution in [-0.2, 0) is 0 Å². The zero-order chi connectivity index (χ0) is 15.6. The molecule has 0 unspecified atom stereocenters. The summed E-state index contributed by atoms with van der Waals surface area (Å²) >= 11 is 2.89. The third-order valence-electron chi connectivity index (χ3n) is 2.23. The number of ether oxygens (including phenoxy) is 1. The van der Waals surface area contributed by atoms with Crippen LogP contribution in [0.1, 0.15) is 13.8 Å². The minimum Gasteiger partial charge on any atom is -0.461 e. The summed E-state index contributed by atoms with van der Waals surface area (Å²) in [5.74, 6) is -1.44. The fourth-order valence-corrected chi connectivity index (χ4v) is 1.75. The van der Waals surface area contributed by atoms with Crippen LogP contribution in [0.4, 0.5) is 26.4 Å². The molecule has 0 aliphatic rings. The number of aromatic nitrogens is 3. The molecule has 21 heavy (non-hydrogen) atoms. The van der Waals surface area contributed by atoms with Crippen LogP contribution in [0.5, 0.6) is 6.01 Å². The van der Waals surface area contributed by atoms with Gasteiger partial charge in [0.2, 0.25) is 11.9 Å². The molecule has 112 valence electrons. The van der Waals surface area contributed by atoms with Crippen molar-refractivity contribution >= 4 is 33.5 Å². The third kappa shape index (κ3) is 3.97. The highest BCUT2D eigenvalue weighted by atomic mass is 79.9. The lowest BCUT2D eigenvalue weighted by Crippen LogP contribution is -2.12. The van der Waals surface area contributed by atoms with Crippen molar-refractivity contribution in [3.8, 4) is 6.01 Å². The van der Waals surface area contributed by atoms with Gasteiger partial charge in [-0.3, -0.25) is 0 Å². The molecule has 0 radical (unpaired) electrons. The number of nitrogens with zero attached hydrogens (tertiary/aromatic N) is 3.